The molecule has 0 heterocycles. The van der Waals surface area contributed by atoms with Crippen LogP contribution in [-0.2, 0) is 9.68 Å². The molecule has 15 heavy (non-hydrogen) atoms. The number of aliphatic carboxylic acids is 1. The molecule has 0 radical (unpaired) electrons. The van der Waals surface area contributed by atoms with Crippen molar-refractivity contribution in [3.63, 3.8) is 0 Å². The highest BCUT2D eigenvalue weighted by Crippen LogP contribution is 1.88. The molecule has 0 bridgehead atoms. The van der Waals surface area contributed by atoms with Crippen molar-refractivity contribution in [1.82, 2.24) is 0 Å². The van der Waals surface area contributed by atoms with Crippen LogP contribution < -0.4 is 5.73 Å². The average Bonchev–Trinajstić information content (AvgIpc) is 2.30. The van der Waals surface area contributed by atoms with Crippen molar-refractivity contribution in [2.45, 2.75) is 12.3 Å². The Bertz CT molecular complexity index is 240. The Morgan fingerprint density at radius 1 is 1.13 bits per heavy atom. The predicted molar refractivity (Wildman–Crippen MR) is 51.8 cm³/mol. The van der Waals surface area contributed by atoms with E-state index in [4.69, 9.17) is 21.2 Å². The van der Waals surface area contributed by atoms with Gasteiger partial charge in [0.05, 0.1) is 0 Å². The van der Waals surface area contributed by atoms with Gasteiger partial charge in [-0.25, -0.2) is 10.1 Å². The van der Waals surface area contributed by atoms with E-state index in [2.05, 4.69) is 4.89 Å². The third-order valence-corrected chi connectivity index (χ3v) is 1.37. The van der Waals surface area contributed by atoms with E-state index < -0.39 is 18.3 Å². The molecule has 1 rings (SSSR count). The number of carboxylic acid groups (broad SMARTS) is 1. The first-order chi connectivity index (χ1) is 7.09. The van der Waals surface area contributed by atoms with Crippen LogP contribution in [-0.4, -0.2) is 33.8 Å². The van der Waals surface area contributed by atoms with Crippen LogP contribution in [0.25, 0.3) is 0 Å². The van der Waals surface area contributed by atoms with Crippen LogP contribution in [0.5, 0.6) is 0 Å². The molecule has 5 N–H and O–H groups in total. The van der Waals surface area contributed by atoms with Gasteiger partial charge in [-0.15, -0.1) is 0 Å². The van der Waals surface area contributed by atoms with E-state index in [0.717, 1.165) is 0 Å². The van der Waals surface area contributed by atoms with Gasteiger partial charge in [-0.3, -0.25) is 4.79 Å². The maximum Gasteiger partial charge on any atom is 0.325 e. The number of rotatable bonds is 3. The molecule has 84 valence electrons. The zero-order chi connectivity index (χ0) is 11.7. The summed E-state index contributed by atoms with van der Waals surface area (Å²) in [5.74, 6) is -1.45. The molecule has 0 aromatic heterocycles. The number of carbonyl (C=O) groups is 1. The van der Waals surface area contributed by atoms with Gasteiger partial charge < -0.3 is 15.9 Å². The molecule has 0 aliphatic heterocycles. The minimum Gasteiger partial charge on any atom is -0.480 e. The zero-order valence-corrected chi connectivity index (χ0v) is 7.85. The standard InChI is InChI=1S/C6H6.C3H7NO5/c1-2-4-6-5-3-1;4-1(2(5)6)3(7)9-8/h1-6H;1,3,7-8H,4H2,(H,5,6). The summed E-state index contributed by atoms with van der Waals surface area (Å²) < 4.78 is 0. The van der Waals surface area contributed by atoms with Crippen LogP contribution in [0, 0.1) is 0 Å². The predicted octanol–water partition coefficient (Wildman–Crippen LogP) is -0.107. The molecular weight excluding hydrogens is 202 g/mol. The number of aliphatic hydroxyl groups excluding tert-OH is 1. The molecule has 0 saturated carbocycles. The molecule has 1 aromatic carbocycles. The van der Waals surface area contributed by atoms with Crippen LogP contribution in [0.2, 0.25) is 0 Å². The topological polar surface area (TPSA) is 113 Å². The van der Waals surface area contributed by atoms with E-state index in [9.17, 15) is 4.79 Å². The Balaban J connectivity index is 0.000000280. The Morgan fingerprint density at radius 3 is 1.60 bits per heavy atom. The Labute approximate surface area is 86.5 Å². The molecule has 2 unspecified atom stereocenters. The van der Waals surface area contributed by atoms with E-state index in [1.54, 1.807) is 0 Å². The molecular formula is C9H13NO5. The second-order valence-corrected chi connectivity index (χ2v) is 2.51. The van der Waals surface area contributed by atoms with Crippen LogP contribution in [0.4, 0.5) is 0 Å². The quantitative estimate of drug-likeness (QED) is 0.318. The van der Waals surface area contributed by atoms with Gasteiger partial charge in [0.2, 0.25) is 6.29 Å². The molecule has 6 nitrogen and oxygen atoms in total. The van der Waals surface area contributed by atoms with E-state index in [0.29, 0.717) is 0 Å². The van der Waals surface area contributed by atoms with E-state index in [1.165, 1.54) is 0 Å². The molecule has 0 saturated heterocycles. The summed E-state index contributed by atoms with van der Waals surface area (Å²) in [6.07, 6.45) is -1.87. The Morgan fingerprint density at radius 2 is 1.47 bits per heavy atom. The second kappa shape index (κ2) is 7.89. The number of aliphatic hydroxyl groups is 1. The van der Waals surface area contributed by atoms with Crippen LogP contribution in [0.15, 0.2) is 36.4 Å². The zero-order valence-electron chi connectivity index (χ0n) is 7.85. The highest BCUT2D eigenvalue weighted by molar-refractivity contribution is 5.73. The number of nitrogens with two attached hydrogens (primary N) is 1. The highest BCUT2D eigenvalue weighted by Gasteiger charge is 2.22. The number of carboxylic acids is 1. The van der Waals surface area contributed by atoms with Gasteiger partial charge in [0.15, 0.2) is 6.04 Å². The summed E-state index contributed by atoms with van der Waals surface area (Å²) >= 11 is 0. The van der Waals surface area contributed by atoms with Gasteiger partial charge in [0.1, 0.15) is 0 Å². The first-order valence-electron chi connectivity index (χ1n) is 4.06. The van der Waals surface area contributed by atoms with Crippen molar-refractivity contribution in [3.05, 3.63) is 36.4 Å². The molecule has 0 amide bonds. The van der Waals surface area contributed by atoms with Gasteiger partial charge in [-0.05, 0) is 0 Å². The summed E-state index contributed by atoms with van der Waals surface area (Å²) in [5.41, 5.74) is 4.74. The van der Waals surface area contributed by atoms with Crippen molar-refractivity contribution in [2.75, 3.05) is 0 Å². The maximum absolute atomic E-state index is 9.82. The largest absolute Gasteiger partial charge is 0.480 e. The van der Waals surface area contributed by atoms with Crippen LogP contribution in [0.3, 0.4) is 0 Å². The fourth-order valence-electron chi connectivity index (χ4n) is 0.572. The van der Waals surface area contributed by atoms with Crippen molar-refractivity contribution >= 4 is 5.97 Å². The molecule has 0 aliphatic rings. The van der Waals surface area contributed by atoms with Gasteiger partial charge in [0.25, 0.3) is 0 Å². The lowest BCUT2D eigenvalue weighted by Crippen LogP contribution is -2.42. The van der Waals surface area contributed by atoms with Gasteiger partial charge in [-0.2, -0.15) is 0 Å². The molecule has 6 heteroatoms. The van der Waals surface area contributed by atoms with Crippen molar-refractivity contribution in [3.8, 4) is 0 Å². The van der Waals surface area contributed by atoms with Crippen molar-refractivity contribution in [1.29, 1.82) is 0 Å². The Kier molecular flexibility index (Phi) is 7.12. The minimum atomic E-state index is -1.87. The highest BCUT2D eigenvalue weighted by atomic mass is 17.1. The number of hydrogen-bond acceptors (Lipinski definition) is 5. The summed E-state index contributed by atoms with van der Waals surface area (Å²) in [6.45, 7) is 0. The smallest absolute Gasteiger partial charge is 0.325 e. The molecule has 1 aromatic rings. The summed E-state index contributed by atoms with van der Waals surface area (Å²) in [6, 6.07) is 10.4. The minimum absolute atomic E-state index is 1.45. The third kappa shape index (κ3) is 6.58. The number of hydrogen-bond donors (Lipinski definition) is 4. The lowest BCUT2D eigenvalue weighted by Gasteiger charge is -2.09. The van der Waals surface area contributed by atoms with Crippen molar-refractivity contribution < 1.29 is 25.2 Å². The summed E-state index contributed by atoms with van der Waals surface area (Å²) in [7, 11) is 0. The van der Waals surface area contributed by atoms with Gasteiger partial charge in [0, 0.05) is 0 Å². The molecule has 0 aliphatic carbocycles. The molecule has 0 spiro atoms. The third-order valence-electron chi connectivity index (χ3n) is 1.37. The second-order valence-electron chi connectivity index (χ2n) is 2.51. The number of benzene rings is 1. The van der Waals surface area contributed by atoms with E-state index in [-0.39, 0.29) is 0 Å². The van der Waals surface area contributed by atoms with Crippen molar-refractivity contribution in [2.24, 2.45) is 5.73 Å². The lowest BCUT2D eigenvalue weighted by molar-refractivity contribution is -0.337. The van der Waals surface area contributed by atoms with E-state index >= 15 is 0 Å². The van der Waals surface area contributed by atoms with Crippen LogP contribution >= 0.6 is 0 Å². The van der Waals surface area contributed by atoms with Gasteiger partial charge in [-0.1, -0.05) is 36.4 Å². The monoisotopic (exact) mass is 215 g/mol. The first-order valence-corrected chi connectivity index (χ1v) is 4.06. The fraction of sp³-hybridized carbons (Fsp3) is 0.222. The summed E-state index contributed by atoms with van der Waals surface area (Å²) in [4.78, 5) is 13.0. The molecule has 0 fully saturated rings. The normalized spacial score (nSPS) is 13.3. The van der Waals surface area contributed by atoms with E-state index in [1.807, 2.05) is 36.4 Å². The van der Waals surface area contributed by atoms with Gasteiger partial charge >= 0.3 is 5.97 Å². The lowest BCUT2D eigenvalue weighted by atomic mass is 10.3. The fourth-order valence-corrected chi connectivity index (χ4v) is 0.572. The first kappa shape index (κ1) is 13.5. The average molecular weight is 215 g/mol. The SMILES string of the molecule is NC(C(=O)O)C(O)OO.c1ccccc1. The Hall–Kier alpha value is -1.47. The maximum atomic E-state index is 9.82. The van der Waals surface area contributed by atoms with Crippen LogP contribution in [0.1, 0.15) is 0 Å². The summed E-state index contributed by atoms with van der Waals surface area (Å²) in [5, 5.41) is 24.0. The molecule has 2 atom stereocenters.